The van der Waals surface area contributed by atoms with E-state index in [0.29, 0.717) is 6.54 Å². The van der Waals surface area contributed by atoms with Crippen LogP contribution in [0.15, 0.2) is 0 Å². The number of hydrogen-bond donors (Lipinski definition) is 2. The minimum atomic E-state index is -2.89. The van der Waals surface area contributed by atoms with E-state index in [9.17, 15) is 8.42 Å². The molecule has 2 heterocycles. The summed E-state index contributed by atoms with van der Waals surface area (Å²) in [4.78, 5) is 2.17. The van der Waals surface area contributed by atoms with Crippen molar-refractivity contribution in [2.45, 2.75) is 30.3 Å². The summed E-state index contributed by atoms with van der Waals surface area (Å²) in [5, 5.41) is 3.12. The van der Waals surface area contributed by atoms with Crippen molar-refractivity contribution in [3.05, 3.63) is 0 Å². The number of hydrogen-bond acceptors (Lipinski definition) is 5. The van der Waals surface area contributed by atoms with Crippen molar-refractivity contribution >= 4 is 9.84 Å². The van der Waals surface area contributed by atoms with E-state index >= 15 is 0 Å². The molecule has 88 valence electrons. The molecule has 2 fully saturated rings. The second-order valence-corrected chi connectivity index (χ2v) is 6.91. The van der Waals surface area contributed by atoms with Crippen molar-refractivity contribution in [1.29, 1.82) is 0 Å². The van der Waals surface area contributed by atoms with E-state index < -0.39 is 9.84 Å². The molecule has 0 spiro atoms. The van der Waals surface area contributed by atoms with Gasteiger partial charge < -0.3 is 11.1 Å². The van der Waals surface area contributed by atoms with Crippen LogP contribution in [0.5, 0.6) is 0 Å². The van der Waals surface area contributed by atoms with Crippen molar-refractivity contribution in [1.82, 2.24) is 10.2 Å². The monoisotopic (exact) mass is 233 g/mol. The van der Waals surface area contributed by atoms with Crippen molar-refractivity contribution in [3.8, 4) is 0 Å². The van der Waals surface area contributed by atoms with Crippen molar-refractivity contribution < 1.29 is 8.42 Å². The first-order valence-electron chi connectivity index (χ1n) is 5.40. The van der Waals surface area contributed by atoms with Crippen LogP contribution in [0.2, 0.25) is 0 Å². The largest absolute Gasteiger partial charge is 0.325 e. The van der Waals surface area contributed by atoms with Gasteiger partial charge in [-0.3, -0.25) is 4.90 Å². The molecule has 0 aromatic carbocycles. The van der Waals surface area contributed by atoms with Crippen LogP contribution in [0.4, 0.5) is 0 Å². The molecule has 2 rings (SSSR count). The molecule has 0 saturated carbocycles. The first-order chi connectivity index (χ1) is 6.98. The summed E-state index contributed by atoms with van der Waals surface area (Å²) < 4.78 is 22.8. The van der Waals surface area contributed by atoms with Crippen molar-refractivity contribution in [2.24, 2.45) is 5.73 Å². The van der Waals surface area contributed by atoms with Crippen LogP contribution in [-0.4, -0.2) is 56.7 Å². The molecule has 0 radical (unpaired) electrons. The van der Waals surface area contributed by atoms with Gasteiger partial charge in [-0.15, -0.1) is 0 Å². The highest BCUT2D eigenvalue weighted by Crippen LogP contribution is 2.20. The van der Waals surface area contributed by atoms with E-state index in [4.69, 9.17) is 5.73 Å². The third-order valence-corrected chi connectivity index (χ3v) is 5.01. The zero-order chi connectivity index (χ0) is 11.1. The van der Waals surface area contributed by atoms with E-state index in [1.165, 1.54) is 6.26 Å². The third kappa shape index (κ3) is 2.33. The summed E-state index contributed by atoms with van der Waals surface area (Å²) in [5.74, 6) is 0. The number of sulfone groups is 1. The molecule has 6 heteroatoms. The summed E-state index contributed by atoms with van der Waals surface area (Å²) in [6.45, 7) is 2.40. The van der Waals surface area contributed by atoms with Crippen LogP contribution in [0.3, 0.4) is 0 Å². The average Bonchev–Trinajstić information content (AvgIpc) is 2.69. The number of nitrogens with two attached hydrogens (primary N) is 1. The summed E-state index contributed by atoms with van der Waals surface area (Å²) in [6.07, 6.45) is 3.22. The predicted molar refractivity (Wildman–Crippen MR) is 59.2 cm³/mol. The highest BCUT2D eigenvalue weighted by molar-refractivity contribution is 7.91. The topological polar surface area (TPSA) is 75.4 Å². The lowest BCUT2D eigenvalue weighted by Gasteiger charge is -2.27. The lowest BCUT2D eigenvalue weighted by atomic mass is 10.2. The van der Waals surface area contributed by atoms with Gasteiger partial charge in [-0.25, -0.2) is 8.42 Å². The molecule has 2 aliphatic rings. The van der Waals surface area contributed by atoms with Crippen LogP contribution < -0.4 is 11.1 Å². The molecular weight excluding hydrogens is 214 g/mol. The van der Waals surface area contributed by atoms with Gasteiger partial charge in [0.15, 0.2) is 9.84 Å². The molecule has 3 N–H and O–H groups in total. The molecule has 0 aliphatic carbocycles. The molecule has 5 nitrogen and oxygen atoms in total. The zero-order valence-electron chi connectivity index (χ0n) is 9.02. The quantitative estimate of drug-likeness (QED) is 0.623. The maximum absolute atomic E-state index is 11.4. The Hall–Kier alpha value is -0.170. The van der Waals surface area contributed by atoms with E-state index in [1.807, 2.05) is 0 Å². The number of likely N-dealkylation sites (tertiary alicyclic amines) is 1. The maximum Gasteiger partial charge on any atom is 0.151 e. The summed E-state index contributed by atoms with van der Waals surface area (Å²) >= 11 is 0. The summed E-state index contributed by atoms with van der Waals surface area (Å²) in [7, 11) is -2.89. The Balaban J connectivity index is 1.98. The molecule has 2 saturated heterocycles. The van der Waals surface area contributed by atoms with E-state index in [0.717, 1.165) is 25.9 Å². The lowest BCUT2D eigenvalue weighted by Crippen LogP contribution is -2.50. The van der Waals surface area contributed by atoms with E-state index in [2.05, 4.69) is 10.2 Å². The minimum absolute atomic E-state index is 0.142. The molecule has 0 amide bonds. The standard InChI is InChI=1S/C9H19N3O2S/c1-15(13,14)7-3-5-12(6-7)9-8(10)2-4-11-9/h7-9,11H,2-6,10H2,1H3. The zero-order valence-corrected chi connectivity index (χ0v) is 9.83. The Morgan fingerprint density at radius 1 is 1.40 bits per heavy atom. The molecule has 0 aromatic rings. The summed E-state index contributed by atoms with van der Waals surface area (Å²) in [5.41, 5.74) is 5.96. The third-order valence-electron chi connectivity index (χ3n) is 3.41. The molecule has 0 bridgehead atoms. The lowest BCUT2D eigenvalue weighted by molar-refractivity contribution is 0.209. The minimum Gasteiger partial charge on any atom is -0.325 e. The predicted octanol–water partition coefficient (Wildman–Crippen LogP) is -1.25. The fraction of sp³-hybridized carbons (Fsp3) is 1.00. The van der Waals surface area contributed by atoms with Crippen LogP contribution in [0.25, 0.3) is 0 Å². The average molecular weight is 233 g/mol. The Morgan fingerprint density at radius 2 is 2.13 bits per heavy atom. The van der Waals surface area contributed by atoms with Gasteiger partial charge in [0.1, 0.15) is 0 Å². The van der Waals surface area contributed by atoms with Gasteiger partial charge in [0.2, 0.25) is 0 Å². The first kappa shape index (κ1) is 11.3. The molecule has 0 aromatic heterocycles. The molecule has 2 aliphatic heterocycles. The van der Waals surface area contributed by atoms with Gasteiger partial charge >= 0.3 is 0 Å². The highest BCUT2D eigenvalue weighted by atomic mass is 32.2. The van der Waals surface area contributed by atoms with Crippen molar-refractivity contribution in [2.75, 3.05) is 25.9 Å². The van der Waals surface area contributed by atoms with Gasteiger partial charge in [0, 0.05) is 25.4 Å². The molecule has 15 heavy (non-hydrogen) atoms. The smallest absolute Gasteiger partial charge is 0.151 e. The second kappa shape index (κ2) is 4.01. The van der Waals surface area contributed by atoms with E-state index in [1.54, 1.807) is 0 Å². The van der Waals surface area contributed by atoms with Crippen LogP contribution in [0.1, 0.15) is 12.8 Å². The van der Waals surface area contributed by atoms with Gasteiger partial charge in [-0.2, -0.15) is 0 Å². The van der Waals surface area contributed by atoms with Crippen molar-refractivity contribution in [3.63, 3.8) is 0 Å². The Kier molecular flexibility index (Phi) is 3.03. The number of nitrogens with one attached hydrogen (secondary N) is 1. The van der Waals surface area contributed by atoms with Gasteiger partial charge in [-0.1, -0.05) is 0 Å². The fourth-order valence-electron chi connectivity index (χ4n) is 2.46. The fourth-order valence-corrected chi connectivity index (χ4v) is 3.46. The first-order valence-corrected chi connectivity index (χ1v) is 7.36. The normalized spacial score (nSPS) is 38.7. The maximum atomic E-state index is 11.4. The summed E-state index contributed by atoms with van der Waals surface area (Å²) in [6, 6.07) is 0.142. The van der Waals surface area contributed by atoms with E-state index in [-0.39, 0.29) is 17.5 Å². The van der Waals surface area contributed by atoms with Crippen LogP contribution >= 0.6 is 0 Å². The Bertz CT molecular complexity index is 330. The van der Waals surface area contributed by atoms with Gasteiger partial charge in [0.25, 0.3) is 0 Å². The number of rotatable bonds is 2. The van der Waals surface area contributed by atoms with Gasteiger partial charge in [0.05, 0.1) is 11.4 Å². The highest BCUT2D eigenvalue weighted by Gasteiger charge is 2.37. The number of nitrogens with zero attached hydrogens (tertiary/aromatic N) is 1. The second-order valence-electron chi connectivity index (χ2n) is 4.59. The van der Waals surface area contributed by atoms with Gasteiger partial charge in [-0.05, 0) is 19.4 Å². The van der Waals surface area contributed by atoms with Crippen LogP contribution in [0, 0.1) is 0 Å². The van der Waals surface area contributed by atoms with Crippen LogP contribution in [-0.2, 0) is 9.84 Å². The molecule has 3 unspecified atom stereocenters. The molecular formula is C9H19N3O2S. The SMILES string of the molecule is CS(=O)(=O)C1CCN(C2NCCC2N)C1. The Labute approximate surface area is 90.9 Å². The molecule has 3 atom stereocenters. The Morgan fingerprint density at radius 3 is 2.60 bits per heavy atom.